The van der Waals surface area contributed by atoms with Crippen molar-refractivity contribution in [1.82, 2.24) is 9.97 Å². The number of aromatic nitrogens is 2. The van der Waals surface area contributed by atoms with Gasteiger partial charge in [0.15, 0.2) is 0 Å². The van der Waals surface area contributed by atoms with Gasteiger partial charge in [-0.25, -0.2) is 9.97 Å². The smallest absolute Gasteiger partial charge is 0.136 e. The van der Waals surface area contributed by atoms with Crippen LogP contribution in [0.4, 0.5) is 17.3 Å². The molecule has 2 aromatic rings. The molecule has 0 aliphatic carbocycles. The zero-order valence-corrected chi connectivity index (χ0v) is 13.8. The van der Waals surface area contributed by atoms with Crippen LogP contribution in [0.5, 0.6) is 0 Å². The third kappa shape index (κ3) is 3.99. The van der Waals surface area contributed by atoms with Crippen molar-refractivity contribution in [3.8, 4) is 0 Å². The lowest BCUT2D eigenvalue weighted by atomic mass is 10.2. The number of nitrogens with one attached hydrogen (secondary N) is 2. The molecule has 2 N–H and O–H groups in total. The van der Waals surface area contributed by atoms with Crippen LogP contribution in [0.3, 0.4) is 0 Å². The molecule has 0 saturated heterocycles. The Labute approximate surface area is 134 Å². The van der Waals surface area contributed by atoms with Crippen LogP contribution in [0, 0.1) is 0 Å². The molecular weight excluding hydrogens is 307 g/mol. The molecule has 0 bridgehead atoms. The van der Waals surface area contributed by atoms with Crippen LogP contribution in [0.2, 0.25) is 10.0 Å². The van der Waals surface area contributed by atoms with E-state index < -0.39 is 0 Å². The zero-order valence-electron chi connectivity index (χ0n) is 12.2. The summed E-state index contributed by atoms with van der Waals surface area (Å²) >= 11 is 12.2. The number of nitrogens with zero attached hydrogens (tertiary/aromatic N) is 2. The summed E-state index contributed by atoms with van der Waals surface area (Å²) in [7, 11) is 0. The molecule has 0 aliphatic rings. The van der Waals surface area contributed by atoms with E-state index in [9.17, 15) is 0 Å². The fraction of sp³-hybridized carbons (Fsp3) is 0.333. The van der Waals surface area contributed by atoms with Gasteiger partial charge in [-0.3, -0.25) is 0 Å². The molecule has 1 heterocycles. The maximum Gasteiger partial charge on any atom is 0.136 e. The van der Waals surface area contributed by atoms with E-state index in [2.05, 4.69) is 34.4 Å². The lowest BCUT2D eigenvalue weighted by Crippen LogP contribution is -2.07. The van der Waals surface area contributed by atoms with Gasteiger partial charge in [-0.15, -0.1) is 0 Å². The van der Waals surface area contributed by atoms with E-state index in [4.69, 9.17) is 23.2 Å². The predicted octanol–water partition coefficient (Wildman–Crippen LogP) is 5.08. The average Bonchev–Trinajstić information content (AvgIpc) is 2.44. The average molecular weight is 325 g/mol. The van der Waals surface area contributed by atoms with E-state index in [0.29, 0.717) is 15.9 Å². The number of halogens is 2. The fourth-order valence-corrected chi connectivity index (χ4v) is 2.15. The van der Waals surface area contributed by atoms with E-state index in [1.54, 1.807) is 6.07 Å². The standard InChI is InChI=1S/C15H18Cl2N4/c1-4-18-12-8-13(21-15(20-12)9(2)3)19-11-7-5-6-10(16)14(11)17/h5-9H,4H2,1-3H3,(H2,18,19,20,21). The van der Waals surface area contributed by atoms with Crippen molar-refractivity contribution in [2.45, 2.75) is 26.7 Å². The Balaban J connectivity index is 2.36. The van der Waals surface area contributed by atoms with Gasteiger partial charge in [0.05, 0.1) is 15.7 Å². The van der Waals surface area contributed by atoms with Gasteiger partial charge in [-0.2, -0.15) is 0 Å². The molecule has 2 rings (SSSR count). The summed E-state index contributed by atoms with van der Waals surface area (Å²) in [5.74, 6) is 2.48. The minimum absolute atomic E-state index is 0.235. The first-order chi connectivity index (χ1) is 10.0. The van der Waals surface area contributed by atoms with Crippen molar-refractivity contribution in [1.29, 1.82) is 0 Å². The first kappa shape index (κ1) is 15.9. The Hall–Kier alpha value is -1.52. The van der Waals surface area contributed by atoms with Crippen LogP contribution in [0.15, 0.2) is 24.3 Å². The summed E-state index contributed by atoms with van der Waals surface area (Å²) in [6, 6.07) is 7.30. The highest BCUT2D eigenvalue weighted by molar-refractivity contribution is 6.43. The Bertz CT molecular complexity index is 629. The number of rotatable bonds is 5. The van der Waals surface area contributed by atoms with E-state index in [-0.39, 0.29) is 5.92 Å². The monoisotopic (exact) mass is 324 g/mol. The largest absolute Gasteiger partial charge is 0.370 e. The van der Waals surface area contributed by atoms with Crippen molar-refractivity contribution in [3.63, 3.8) is 0 Å². The van der Waals surface area contributed by atoms with Crippen molar-refractivity contribution in [2.75, 3.05) is 17.2 Å². The molecule has 0 unspecified atom stereocenters. The molecule has 0 saturated carbocycles. The van der Waals surface area contributed by atoms with Crippen LogP contribution >= 0.6 is 23.2 Å². The molecule has 1 aromatic heterocycles. The van der Waals surface area contributed by atoms with Crippen molar-refractivity contribution < 1.29 is 0 Å². The van der Waals surface area contributed by atoms with Crippen molar-refractivity contribution in [3.05, 3.63) is 40.1 Å². The summed E-state index contributed by atoms with van der Waals surface area (Å²) in [6.07, 6.45) is 0. The van der Waals surface area contributed by atoms with Gasteiger partial charge >= 0.3 is 0 Å². The van der Waals surface area contributed by atoms with Gasteiger partial charge in [-0.05, 0) is 19.1 Å². The van der Waals surface area contributed by atoms with Crippen LogP contribution in [-0.2, 0) is 0 Å². The summed E-state index contributed by atoms with van der Waals surface area (Å²) in [5, 5.41) is 7.39. The minimum atomic E-state index is 0.235. The number of anilines is 3. The lowest BCUT2D eigenvalue weighted by molar-refractivity contribution is 0.777. The predicted molar refractivity (Wildman–Crippen MR) is 90.0 cm³/mol. The molecule has 0 radical (unpaired) electrons. The molecule has 1 aromatic carbocycles. The van der Waals surface area contributed by atoms with E-state index >= 15 is 0 Å². The molecule has 0 fully saturated rings. The number of benzene rings is 1. The molecule has 21 heavy (non-hydrogen) atoms. The molecule has 0 spiro atoms. The van der Waals surface area contributed by atoms with Crippen LogP contribution in [-0.4, -0.2) is 16.5 Å². The van der Waals surface area contributed by atoms with Crippen LogP contribution < -0.4 is 10.6 Å². The maximum absolute atomic E-state index is 6.19. The van der Waals surface area contributed by atoms with Gasteiger partial charge in [0, 0.05) is 18.5 Å². The van der Waals surface area contributed by atoms with Crippen molar-refractivity contribution >= 4 is 40.5 Å². The number of hydrogen-bond acceptors (Lipinski definition) is 4. The van der Waals surface area contributed by atoms with Crippen LogP contribution in [0.25, 0.3) is 0 Å². The summed E-state index contributed by atoms with van der Waals surface area (Å²) in [5.41, 5.74) is 0.722. The summed E-state index contributed by atoms with van der Waals surface area (Å²) < 4.78 is 0. The topological polar surface area (TPSA) is 49.8 Å². The van der Waals surface area contributed by atoms with E-state index in [1.807, 2.05) is 25.1 Å². The SMILES string of the molecule is CCNc1cc(Nc2cccc(Cl)c2Cl)nc(C(C)C)n1. The molecule has 0 atom stereocenters. The summed E-state index contributed by atoms with van der Waals surface area (Å²) in [4.78, 5) is 9.00. The molecule has 6 heteroatoms. The molecule has 112 valence electrons. The molecule has 0 amide bonds. The second kappa shape index (κ2) is 6.96. The summed E-state index contributed by atoms with van der Waals surface area (Å²) in [6.45, 7) is 6.94. The Kier molecular flexibility index (Phi) is 5.26. The van der Waals surface area contributed by atoms with E-state index in [1.165, 1.54) is 0 Å². The first-order valence-corrected chi connectivity index (χ1v) is 7.60. The van der Waals surface area contributed by atoms with Gasteiger partial charge in [0.25, 0.3) is 0 Å². The fourth-order valence-electron chi connectivity index (χ4n) is 1.80. The third-order valence-corrected chi connectivity index (χ3v) is 3.65. The quantitative estimate of drug-likeness (QED) is 0.804. The Morgan fingerprint density at radius 1 is 1.14 bits per heavy atom. The lowest BCUT2D eigenvalue weighted by Gasteiger charge is -2.13. The first-order valence-electron chi connectivity index (χ1n) is 6.85. The van der Waals surface area contributed by atoms with E-state index in [0.717, 1.165) is 23.9 Å². The minimum Gasteiger partial charge on any atom is -0.370 e. The third-order valence-electron chi connectivity index (χ3n) is 2.83. The molecule has 4 nitrogen and oxygen atoms in total. The maximum atomic E-state index is 6.19. The van der Waals surface area contributed by atoms with Crippen molar-refractivity contribution in [2.24, 2.45) is 0 Å². The second-order valence-electron chi connectivity index (χ2n) is 4.91. The van der Waals surface area contributed by atoms with Gasteiger partial charge in [-0.1, -0.05) is 43.1 Å². The Morgan fingerprint density at radius 3 is 2.52 bits per heavy atom. The van der Waals surface area contributed by atoms with Gasteiger partial charge in [0.2, 0.25) is 0 Å². The highest BCUT2D eigenvalue weighted by Crippen LogP contribution is 2.31. The molecule has 0 aliphatic heterocycles. The van der Waals surface area contributed by atoms with Gasteiger partial charge in [0.1, 0.15) is 17.5 Å². The Morgan fingerprint density at radius 2 is 1.86 bits per heavy atom. The highest BCUT2D eigenvalue weighted by Gasteiger charge is 2.10. The highest BCUT2D eigenvalue weighted by atomic mass is 35.5. The second-order valence-corrected chi connectivity index (χ2v) is 5.69. The van der Waals surface area contributed by atoms with Crippen LogP contribution in [0.1, 0.15) is 32.5 Å². The van der Waals surface area contributed by atoms with Gasteiger partial charge < -0.3 is 10.6 Å². The normalized spacial score (nSPS) is 10.8. The molecular formula is C15H18Cl2N4. The zero-order chi connectivity index (χ0) is 15.4. The number of hydrogen-bond donors (Lipinski definition) is 2.